The lowest BCUT2D eigenvalue weighted by atomic mass is 10.0. The van der Waals surface area contributed by atoms with E-state index in [2.05, 4.69) is 37.1 Å². The first-order chi connectivity index (χ1) is 4.79. The van der Waals surface area contributed by atoms with E-state index in [9.17, 15) is 0 Å². The molecule has 0 spiro atoms. The predicted molar refractivity (Wildman–Crippen MR) is 50.5 cm³/mol. The minimum Gasteiger partial charge on any atom is -0.154 e. The van der Waals surface area contributed by atoms with Crippen LogP contribution in [0.25, 0.3) is 0 Å². The van der Waals surface area contributed by atoms with E-state index in [4.69, 9.17) is 0 Å². The van der Waals surface area contributed by atoms with Gasteiger partial charge in [-0.05, 0) is 5.41 Å². The summed E-state index contributed by atoms with van der Waals surface area (Å²) in [4.78, 5) is 0. The number of hydrogen-bond donors (Lipinski definition) is 0. The normalized spacial score (nSPS) is 51.8. The van der Waals surface area contributed by atoms with Crippen LogP contribution in [0.5, 0.6) is 0 Å². The van der Waals surface area contributed by atoms with E-state index in [-0.39, 0.29) is 0 Å². The monoisotopic (exact) mass is 172 g/mol. The molecule has 2 aliphatic heterocycles. The molecule has 0 aliphatic carbocycles. The number of thioether (sulfide) groups is 2. The van der Waals surface area contributed by atoms with Crippen LogP contribution in [0, 0.1) is 5.92 Å². The van der Waals surface area contributed by atoms with Gasteiger partial charge in [0.1, 0.15) is 0 Å². The minimum absolute atomic E-state index is 0.853. The van der Waals surface area contributed by atoms with Gasteiger partial charge in [-0.25, -0.2) is 0 Å². The largest absolute Gasteiger partial charge is 0.154 e. The summed E-state index contributed by atoms with van der Waals surface area (Å²) in [6, 6.07) is 0. The zero-order chi connectivity index (χ0) is 7.14. The fraction of sp³-hybridized carbons (Fsp3) is 0.750. The summed E-state index contributed by atoms with van der Waals surface area (Å²) in [6.45, 7) is 4.70. The van der Waals surface area contributed by atoms with Crippen molar-refractivity contribution in [2.75, 3.05) is 0 Å². The molecule has 0 aromatic rings. The van der Waals surface area contributed by atoms with Crippen molar-refractivity contribution in [2.24, 2.45) is 5.92 Å². The highest BCUT2D eigenvalue weighted by Gasteiger charge is 2.40. The molecule has 0 nitrogen and oxygen atoms in total. The summed E-state index contributed by atoms with van der Waals surface area (Å²) in [5.41, 5.74) is 0. The topological polar surface area (TPSA) is 0 Å². The average molecular weight is 172 g/mol. The molecule has 0 aromatic carbocycles. The minimum atomic E-state index is 0.853. The highest BCUT2D eigenvalue weighted by molar-refractivity contribution is 8.06. The smallest absolute Gasteiger partial charge is 0.0278 e. The zero-order valence-corrected chi connectivity index (χ0v) is 7.91. The molecule has 0 N–H and O–H groups in total. The molecule has 0 saturated carbocycles. The highest BCUT2D eigenvalue weighted by atomic mass is 32.2. The second kappa shape index (κ2) is 2.49. The highest BCUT2D eigenvalue weighted by Crippen LogP contribution is 2.48. The van der Waals surface area contributed by atoms with Crippen molar-refractivity contribution < 1.29 is 0 Å². The molecule has 2 heterocycles. The van der Waals surface area contributed by atoms with Gasteiger partial charge in [-0.1, -0.05) is 19.9 Å². The third-order valence-electron chi connectivity index (χ3n) is 2.35. The maximum atomic E-state index is 2.39. The standard InChI is InChI=1S/C8H12S2/c1-5-7-3-4-9-8(7)6(2)10-5/h3-8H,1-2H3. The number of rotatable bonds is 0. The second-order valence-corrected chi connectivity index (χ2v) is 5.90. The summed E-state index contributed by atoms with van der Waals surface area (Å²) in [5, 5.41) is 4.88. The van der Waals surface area contributed by atoms with Crippen molar-refractivity contribution in [3.63, 3.8) is 0 Å². The first kappa shape index (κ1) is 7.11. The van der Waals surface area contributed by atoms with E-state index in [1.807, 2.05) is 11.8 Å². The quantitative estimate of drug-likeness (QED) is 0.551. The van der Waals surface area contributed by atoms with Crippen LogP contribution >= 0.6 is 23.5 Å². The maximum Gasteiger partial charge on any atom is 0.0278 e. The lowest BCUT2D eigenvalue weighted by Crippen LogP contribution is -2.16. The van der Waals surface area contributed by atoms with Gasteiger partial charge in [0.05, 0.1) is 0 Å². The summed E-state index contributed by atoms with van der Waals surface area (Å²) in [7, 11) is 0. The Kier molecular flexibility index (Phi) is 1.77. The first-order valence-electron chi connectivity index (χ1n) is 3.76. The van der Waals surface area contributed by atoms with E-state index in [1.165, 1.54) is 0 Å². The van der Waals surface area contributed by atoms with E-state index in [1.54, 1.807) is 0 Å². The Morgan fingerprint density at radius 3 is 2.70 bits per heavy atom. The van der Waals surface area contributed by atoms with Gasteiger partial charge in [0.2, 0.25) is 0 Å². The Morgan fingerprint density at radius 1 is 1.20 bits per heavy atom. The molecule has 2 heteroatoms. The number of fused-ring (bicyclic) bond motifs is 1. The van der Waals surface area contributed by atoms with Crippen molar-refractivity contribution in [1.82, 2.24) is 0 Å². The molecule has 0 bridgehead atoms. The van der Waals surface area contributed by atoms with Crippen molar-refractivity contribution in [3.8, 4) is 0 Å². The van der Waals surface area contributed by atoms with Gasteiger partial charge in [0.15, 0.2) is 0 Å². The maximum absolute atomic E-state index is 2.39. The molecule has 1 saturated heterocycles. The zero-order valence-electron chi connectivity index (χ0n) is 6.28. The third kappa shape index (κ3) is 0.928. The van der Waals surface area contributed by atoms with Crippen molar-refractivity contribution in [3.05, 3.63) is 11.5 Å². The molecule has 1 fully saturated rings. The lowest BCUT2D eigenvalue weighted by molar-refractivity contribution is 0.650. The molecular formula is C8H12S2. The third-order valence-corrected chi connectivity index (χ3v) is 5.34. The fourth-order valence-electron chi connectivity index (χ4n) is 1.78. The van der Waals surface area contributed by atoms with Crippen LogP contribution in [0.3, 0.4) is 0 Å². The molecule has 0 radical (unpaired) electrons. The van der Waals surface area contributed by atoms with Crippen LogP contribution in [-0.2, 0) is 0 Å². The van der Waals surface area contributed by atoms with Gasteiger partial charge < -0.3 is 0 Å². The molecule has 0 aromatic heterocycles. The number of hydrogen-bond acceptors (Lipinski definition) is 2. The Hall–Kier alpha value is 0.440. The van der Waals surface area contributed by atoms with Crippen molar-refractivity contribution >= 4 is 23.5 Å². The Labute approximate surface area is 70.8 Å². The van der Waals surface area contributed by atoms with Gasteiger partial charge in [-0.2, -0.15) is 11.8 Å². The van der Waals surface area contributed by atoms with Crippen LogP contribution in [-0.4, -0.2) is 15.7 Å². The molecule has 56 valence electrons. The average Bonchev–Trinajstić information content (AvgIpc) is 2.39. The molecule has 2 aliphatic rings. The summed E-state index contributed by atoms with van der Waals surface area (Å²) < 4.78 is 0. The lowest BCUT2D eigenvalue weighted by Gasteiger charge is -2.11. The molecule has 2 rings (SSSR count). The van der Waals surface area contributed by atoms with Crippen LogP contribution in [0.1, 0.15) is 13.8 Å². The fourth-order valence-corrected chi connectivity index (χ4v) is 4.90. The SMILES string of the molecule is CC1SC(C)C2SC=CC12. The molecule has 4 atom stereocenters. The molecule has 4 unspecified atom stereocenters. The van der Waals surface area contributed by atoms with Gasteiger partial charge in [0.25, 0.3) is 0 Å². The van der Waals surface area contributed by atoms with Crippen LogP contribution in [0.2, 0.25) is 0 Å². The second-order valence-electron chi connectivity index (χ2n) is 3.05. The van der Waals surface area contributed by atoms with Gasteiger partial charge in [0, 0.05) is 21.7 Å². The van der Waals surface area contributed by atoms with Gasteiger partial charge in [-0.3, -0.25) is 0 Å². The van der Waals surface area contributed by atoms with Crippen LogP contribution in [0.15, 0.2) is 11.5 Å². The predicted octanol–water partition coefficient (Wildman–Crippen LogP) is 2.76. The summed E-state index contributed by atoms with van der Waals surface area (Å²) in [5.74, 6) is 0.866. The van der Waals surface area contributed by atoms with Gasteiger partial charge >= 0.3 is 0 Å². The molecule has 10 heavy (non-hydrogen) atoms. The van der Waals surface area contributed by atoms with E-state index in [0.717, 1.165) is 21.7 Å². The summed E-state index contributed by atoms with van der Waals surface area (Å²) in [6.07, 6.45) is 2.39. The Morgan fingerprint density at radius 2 is 2.00 bits per heavy atom. The molecule has 0 amide bonds. The van der Waals surface area contributed by atoms with E-state index in [0.29, 0.717) is 0 Å². The first-order valence-corrected chi connectivity index (χ1v) is 5.65. The van der Waals surface area contributed by atoms with Crippen molar-refractivity contribution in [1.29, 1.82) is 0 Å². The summed E-state index contributed by atoms with van der Waals surface area (Å²) >= 11 is 4.16. The molecular weight excluding hydrogens is 160 g/mol. The van der Waals surface area contributed by atoms with E-state index >= 15 is 0 Å². The van der Waals surface area contributed by atoms with Gasteiger partial charge in [-0.15, -0.1) is 11.8 Å². The van der Waals surface area contributed by atoms with Crippen LogP contribution < -0.4 is 0 Å². The number of allylic oxidation sites excluding steroid dienone is 1. The Balaban J connectivity index is 2.17. The Bertz CT molecular complexity index is 165. The van der Waals surface area contributed by atoms with Crippen molar-refractivity contribution in [2.45, 2.75) is 29.6 Å². The van der Waals surface area contributed by atoms with Crippen LogP contribution in [0.4, 0.5) is 0 Å². The van der Waals surface area contributed by atoms with E-state index < -0.39 is 0 Å².